The van der Waals surface area contributed by atoms with Gasteiger partial charge < -0.3 is 20.4 Å². The van der Waals surface area contributed by atoms with Crippen LogP contribution in [0.25, 0.3) is 5.76 Å². The smallest absolute Gasteiger partial charge is 0.184 e. The van der Waals surface area contributed by atoms with Gasteiger partial charge in [-0.2, -0.15) is 0 Å². The van der Waals surface area contributed by atoms with Crippen molar-refractivity contribution in [2.24, 2.45) is 28.1 Å². The molecule has 3 rings (SSSR count). The monoisotopic (exact) mass is 620 g/mol. The number of aromatic hydroxyl groups is 2. The van der Waals surface area contributed by atoms with Gasteiger partial charge in [0.05, 0.1) is 16.4 Å². The summed E-state index contributed by atoms with van der Waals surface area (Å²) in [6.45, 7) is 21.1. The van der Waals surface area contributed by atoms with E-state index >= 15 is 4.79 Å². The van der Waals surface area contributed by atoms with Crippen LogP contribution in [-0.4, -0.2) is 43.4 Å². The number of rotatable bonds is 11. The van der Waals surface area contributed by atoms with Crippen LogP contribution in [0.4, 0.5) is 0 Å². The summed E-state index contributed by atoms with van der Waals surface area (Å²) in [5.41, 5.74) is -3.03. The minimum Gasteiger partial charge on any atom is -0.506 e. The van der Waals surface area contributed by atoms with Crippen LogP contribution in [0.3, 0.4) is 0 Å². The number of ketones is 3. The average molecular weight is 621 g/mol. The van der Waals surface area contributed by atoms with Crippen molar-refractivity contribution in [1.29, 1.82) is 0 Å². The molecule has 0 unspecified atom stereocenters. The lowest BCUT2D eigenvalue weighted by Gasteiger charge is -2.61. The molecule has 2 fully saturated rings. The van der Waals surface area contributed by atoms with Gasteiger partial charge in [0, 0.05) is 5.56 Å². The number of carbonyl (C=O) groups excluding carboxylic acids is 3. The lowest BCUT2D eigenvalue weighted by atomic mass is 9.38. The lowest BCUT2D eigenvalue weighted by molar-refractivity contribution is -0.179. The first-order valence-corrected chi connectivity index (χ1v) is 15.9. The second kappa shape index (κ2) is 12.7. The number of carbonyl (C=O) groups is 3. The van der Waals surface area contributed by atoms with E-state index in [0.29, 0.717) is 12.8 Å². The number of Topliss-reactive ketones (excluding diaryl/α,β-unsaturated/α-hetero) is 3. The Morgan fingerprint density at radius 1 is 1.00 bits per heavy atom. The third-order valence-corrected chi connectivity index (χ3v) is 10.3. The fourth-order valence-corrected chi connectivity index (χ4v) is 7.32. The first-order valence-electron chi connectivity index (χ1n) is 15.9. The Kier molecular flexibility index (Phi) is 10.2. The Bertz CT molecular complexity index is 1470. The number of phenolic OH excluding ortho intramolecular Hbond substituents is 2. The molecule has 1 aromatic rings. The Morgan fingerprint density at radius 3 is 2.11 bits per heavy atom. The van der Waals surface area contributed by atoms with Crippen molar-refractivity contribution in [1.82, 2.24) is 0 Å². The highest BCUT2D eigenvalue weighted by Gasteiger charge is 2.74. The second-order valence-electron chi connectivity index (χ2n) is 15.1. The van der Waals surface area contributed by atoms with Crippen LogP contribution >= 0.6 is 0 Å². The maximum atomic E-state index is 15.2. The maximum absolute atomic E-state index is 15.2. The highest BCUT2D eigenvalue weighted by molar-refractivity contribution is 6.41. The zero-order valence-corrected chi connectivity index (χ0v) is 28.5. The van der Waals surface area contributed by atoms with Gasteiger partial charge in [-0.25, -0.2) is 0 Å². The third kappa shape index (κ3) is 6.60. The predicted molar refractivity (Wildman–Crippen MR) is 178 cm³/mol. The van der Waals surface area contributed by atoms with Crippen molar-refractivity contribution in [3.8, 4) is 11.5 Å². The SMILES string of the molecule is C=C(C)[C@H](CC=C(C)C)C[C@]12C[C@@H](CC=C(C)C)C(C)(C)[C@@](CCC(C)(C)O)(C(=O)/C(=C(\O)c3ccc(O)c(O)c3)C1=O)C2=O. The summed E-state index contributed by atoms with van der Waals surface area (Å²) in [6, 6.07) is 3.57. The van der Waals surface area contributed by atoms with Crippen molar-refractivity contribution in [2.45, 2.75) is 106 Å². The maximum Gasteiger partial charge on any atom is 0.184 e. The molecule has 2 aliphatic carbocycles. The van der Waals surface area contributed by atoms with E-state index in [0.717, 1.165) is 22.8 Å². The third-order valence-electron chi connectivity index (χ3n) is 10.3. The van der Waals surface area contributed by atoms with Gasteiger partial charge in [0.25, 0.3) is 0 Å². The summed E-state index contributed by atoms with van der Waals surface area (Å²) < 4.78 is 0. The van der Waals surface area contributed by atoms with E-state index in [2.05, 4.69) is 18.7 Å². The van der Waals surface area contributed by atoms with E-state index in [1.165, 1.54) is 12.1 Å². The predicted octanol–water partition coefficient (Wildman–Crippen LogP) is 7.95. The topological polar surface area (TPSA) is 132 Å². The molecule has 2 bridgehead atoms. The van der Waals surface area contributed by atoms with Crippen LogP contribution in [0, 0.1) is 28.1 Å². The Hall–Kier alpha value is -3.45. The highest BCUT2D eigenvalue weighted by atomic mass is 16.3. The molecule has 0 amide bonds. The van der Waals surface area contributed by atoms with E-state index in [9.17, 15) is 30.0 Å². The Labute approximate surface area is 268 Å². The summed E-state index contributed by atoms with van der Waals surface area (Å²) in [4.78, 5) is 45.1. The van der Waals surface area contributed by atoms with E-state index < -0.39 is 62.0 Å². The van der Waals surface area contributed by atoms with Gasteiger partial charge in [-0.15, -0.1) is 0 Å². The summed E-state index contributed by atoms with van der Waals surface area (Å²) in [5.74, 6) is -4.00. The largest absolute Gasteiger partial charge is 0.506 e. The molecule has 0 heterocycles. The number of allylic oxidation sites excluding steroid dienone is 6. The normalized spacial score (nSPS) is 26.3. The molecule has 0 aliphatic heterocycles. The first kappa shape index (κ1) is 36.0. The van der Waals surface area contributed by atoms with Crippen molar-refractivity contribution in [3.63, 3.8) is 0 Å². The minimum atomic E-state index is -1.72. The molecule has 2 aliphatic rings. The molecule has 1 aromatic carbocycles. The summed E-state index contributed by atoms with van der Waals surface area (Å²) in [5, 5.41) is 42.6. The number of fused-ring (bicyclic) bond motifs is 2. The zero-order chi connectivity index (χ0) is 34.3. The molecule has 45 heavy (non-hydrogen) atoms. The van der Waals surface area contributed by atoms with Crippen molar-refractivity contribution in [2.75, 3.05) is 0 Å². The minimum absolute atomic E-state index is 0.00909. The van der Waals surface area contributed by atoms with Crippen LogP contribution in [0.1, 0.15) is 106 Å². The van der Waals surface area contributed by atoms with Gasteiger partial charge in [-0.05, 0) is 122 Å². The van der Waals surface area contributed by atoms with Crippen LogP contribution in [0.5, 0.6) is 11.5 Å². The van der Waals surface area contributed by atoms with Crippen molar-refractivity contribution in [3.05, 3.63) is 64.8 Å². The molecule has 0 saturated heterocycles. The van der Waals surface area contributed by atoms with Gasteiger partial charge in [0.1, 0.15) is 11.3 Å². The van der Waals surface area contributed by atoms with Crippen LogP contribution < -0.4 is 0 Å². The number of benzene rings is 1. The summed E-state index contributed by atoms with van der Waals surface area (Å²) in [6.07, 6.45) is 5.67. The molecule has 2 saturated carbocycles. The Balaban J connectivity index is 2.46. The summed E-state index contributed by atoms with van der Waals surface area (Å²) >= 11 is 0. The van der Waals surface area contributed by atoms with Gasteiger partial charge in [0.15, 0.2) is 28.8 Å². The zero-order valence-electron chi connectivity index (χ0n) is 28.5. The van der Waals surface area contributed by atoms with Gasteiger partial charge in [0.2, 0.25) is 0 Å². The molecule has 0 spiro atoms. The van der Waals surface area contributed by atoms with Gasteiger partial charge in [-0.3, -0.25) is 14.4 Å². The van der Waals surface area contributed by atoms with E-state index in [1.54, 1.807) is 13.8 Å². The van der Waals surface area contributed by atoms with E-state index in [4.69, 9.17) is 0 Å². The molecule has 7 heteroatoms. The lowest BCUT2D eigenvalue weighted by Crippen LogP contribution is -2.70. The fraction of sp³-hybridized carbons (Fsp3) is 0.553. The quantitative estimate of drug-likeness (QED) is 0.0493. The number of hydrogen-bond donors (Lipinski definition) is 4. The molecule has 246 valence electrons. The molecule has 4 N–H and O–H groups in total. The van der Waals surface area contributed by atoms with E-state index in [1.807, 2.05) is 48.5 Å². The number of aliphatic hydroxyl groups excluding tert-OH is 1. The highest BCUT2D eigenvalue weighted by Crippen LogP contribution is 2.66. The fourth-order valence-electron chi connectivity index (χ4n) is 7.32. The molecule has 0 radical (unpaired) electrons. The van der Waals surface area contributed by atoms with Crippen molar-refractivity contribution < 1.29 is 34.8 Å². The van der Waals surface area contributed by atoms with Crippen LogP contribution in [0.2, 0.25) is 0 Å². The first-order chi connectivity index (χ1) is 20.6. The second-order valence-corrected chi connectivity index (χ2v) is 15.1. The van der Waals surface area contributed by atoms with Crippen LogP contribution in [-0.2, 0) is 14.4 Å². The van der Waals surface area contributed by atoms with Crippen molar-refractivity contribution >= 4 is 23.1 Å². The van der Waals surface area contributed by atoms with E-state index in [-0.39, 0.29) is 43.1 Å². The molecular formula is C38H52O7. The molecule has 0 aromatic heterocycles. The van der Waals surface area contributed by atoms with Gasteiger partial charge in [-0.1, -0.05) is 49.3 Å². The average Bonchev–Trinajstić information content (AvgIpc) is 2.91. The molecule has 4 atom stereocenters. The van der Waals surface area contributed by atoms with Gasteiger partial charge >= 0.3 is 0 Å². The summed E-state index contributed by atoms with van der Waals surface area (Å²) in [7, 11) is 0. The van der Waals surface area contributed by atoms with Crippen LogP contribution in [0.15, 0.2) is 59.2 Å². The molecular weight excluding hydrogens is 568 g/mol. The number of phenols is 2. The Morgan fingerprint density at radius 2 is 1.60 bits per heavy atom. The standard InChI is InChI=1S/C38H52O7/c1-22(2)11-13-26(24(5)6)20-37-21-27(15-12-23(3)4)36(9,10)38(34(37)44,18-17-35(7,8)45)33(43)30(32(37)42)31(41)25-14-16-28(39)29(40)19-25/h11-12,14,16,19,26-27,39-41,45H,5,13,15,17-18,20-21H2,1-4,6-10H3/b31-30-/t26-,27-,37+,38+/m1/s1. The number of hydrogen-bond acceptors (Lipinski definition) is 7. The number of aliphatic hydroxyl groups is 2. The molecule has 7 nitrogen and oxygen atoms in total.